The monoisotopic (exact) mass is 327 g/mol. The maximum Gasteiger partial charge on any atom is 0.242 e. The molecule has 1 aliphatic rings. The number of thiophene rings is 1. The Morgan fingerprint density at radius 1 is 1.17 bits per heavy atom. The molecular formula is C17H17N3O2S. The minimum absolute atomic E-state index is 0.120. The van der Waals surface area contributed by atoms with Gasteiger partial charge in [0.1, 0.15) is 6.54 Å². The molecule has 1 aliphatic heterocycles. The third-order valence-electron chi connectivity index (χ3n) is 4.05. The number of carbonyl (C=O) groups excluding carboxylic acids is 1. The van der Waals surface area contributed by atoms with Gasteiger partial charge in [0, 0.05) is 13.1 Å². The third kappa shape index (κ3) is 2.75. The highest BCUT2D eigenvalue weighted by molar-refractivity contribution is 7.13. The molecule has 0 aliphatic carbocycles. The summed E-state index contributed by atoms with van der Waals surface area (Å²) >= 11 is 1.64. The summed E-state index contributed by atoms with van der Waals surface area (Å²) in [7, 11) is 0. The van der Waals surface area contributed by atoms with E-state index in [0.29, 0.717) is 32.8 Å². The molecule has 0 bridgehead atoms. The van der Waals surface area contributed by atoms with E-state index in [-0.39, 0.29) is 5.91 Å². The van der Waals surface area contributed by atoms with E-state index < -0.39 is 0 Å². The highest BCUT2D eigenvalue weighted by Crippen LogP contribution is 2.28. The van der Waals surface area contributed by atoms with Crippen LogP contribution in [0, 0.1) is 0 Å². The van der Waals surface area contributed by atoms with Crippen LogP contribution in [0.5, 0.6) is 0 Å². The average Bonchev–Trinajstić information content (AvgIpc) is 3.24. The standard InChI is InChI=1S/C17H17N3O2S/c21-16(19-7-9-22-10-8-19)12-20-14-5-2-1-4-13(14)18-17(20)15-6-3-11-23-15/h1-6,11H,7-10,12H2. The van der Waals surface area contributed by atoms with Crippen molar-refractivity contribution in [2.45, 2.75) is 6.54 Å². The molecule has 0 unspecified atom stereocenters. The molecule has 1 saturated heterocycles. The highest BCUT2D eigenvalue weighted by atomic mass is 32.1. The maximum absolute atomic E-state index is 12.7. The van der Waals surface area contributed by atoms with E-state index in [9.17, 15) is 4.79 Å². The van der Waals surface area contributed by atoms with E-state index in [1.54, 1.807) is 11.3 Å². The van der Waals surface area contributed by atoms with Gasteiger partial charge < -0.3 is 14.2 Å². The number of aromatic nitrogens is 2. The number of carbonyl (C=O) groups is 1. The zero-order valence-electron chi connectivity index (χ0n) is 12.6. The van der Waals surface area contributed by atoms with Crippen molar-refractivity contribution in [3.8, 4) is 10.7 Å². The van der Waals surface area contributed by atoms with Crippen molar-refractivity contribution in [1.29, 1.82) is 0 Å². The van der Waals surface area contributed by atoms with Crippen molar-refractivity contribution >= 4 is 28.3 Å². The number of rotatable bonds is 3. The molecule has 2 aromatic heterocycles. The Hall–Kier alpha value is -2.18. The van der Waals surface area contributed by atoms with Crippen molar-refractivity contribution in [2.24, 2.45) is 0 Å². The van der Waals surface area contributed by atoms with Crippen LogP contribution >= 0.6 is 11.3 Å². The quantitative estimate of drug-likeness (QED) is 0.743. The van der Waals surface area contributed by atoms with Gasteiger partial charge in [-0.05, 0) is 23.6 Å². The molecular weight excluding hydrogens is 310 g/mol. The second-order valence-corrected chi connectivity index (χ2v) is 6.43. The lowest BCUT2D eigenvalue weighted by Gasteiger charge is -2.27. The number of imidazole rings is 1. The van der Waals surface area contributed by atoms with E-state index in [4.69, 9.17) is 9.72 Å². The molecule has 3 heterocycles. The highest BCUT2D eigenvalue weighted by Gasteiger charge is 2.20. The molecule has 0 saturated carbocycles. The number of benzene rings is 1. The van der Waals surface area contributed by atoms with Gasteiger partial charge in [-0.15, -0.1) is 11.3 Å². The minimum atomic E-state index is 0.120. The first kappa shape index (κ1) is 14.4. The zero-order chi connectivity index (χ0) is 15.6. The number of hydrogen-bond donors (Lipinski definition) is 0. The summed E-state index contributed by atoms with van der Waals surface area (Å²) in [6.45, 7) is 2.88. The van der Waals surface area contributed by atoms with E-state index in [0.717, 1.165) is 21.7 Å². The number of nitrogens with zero attached hydrogens (tertiary/aromatic N) is 3. The second-order valence-electron chi connectivity index (χ2n) is 5.48. The van der Waals surface area contributed by atoms with Gasteiger partial charge in [0.2, 0.25) is 5.91 Å². The Morgan fingerprint density at radius 2 is 2.00 bits per heavy atom. The summed E-state index contributed by atoms with van der Waals surface area (Å²) in [6, 6.07) is 12.0. The van der Waals surface area contributed by atoms with Gasteiger partial charge in [-0.3, -0.25) is 4.79 Å². The largest absolute Gasteiger partial charge is 0.378 e. The molecule has 1 aromatic carbocycles. The topological polar surface area (TPSA) is 47.4 Å². The minimum Gasteiger partial charge on any atom is -0.378 e. The first-order chi connectivity index (χ1) is 11.3. The van der Waals surface area contributed by atoms with Crippen molar-refractivity contribution in [3.63, 3.8) is 0 Å². The predicted molar refractivity (Wildman–Crippen MR) is 90.4 cm³/mol. The van der Waals surface area contributed by atoms with E-state index >= 15 is 0 Å². The molecule has 0 atom stereocenters. The molecule has 0 N–H and O–H groups in total. The molecule has 4 rings (SSSR count). The Morgan fingerprint density at radius 3 is 2.78 bits per heavy atom. The number of ether oxygens (including phenoxy) is 1. The Bertz CT molecular complexity index is 820. The van der Waals surface area contributed by atoms with Crippen molar-refractivity contribution in [2.75, 3.05) is 26.3 Å². The molecule has 6 heteroatoms. The lowest BCUT2D eigenvalue weighted by atomic mass is 10.3. The average molecular weight is 327 g/mol. The molecule has 0 radical (unpaired) electrons. The van der Waals surface area contributed by atoms with Crippen LogP contribution in [0.15, 0.2) is 41.8 Å². The normalized spacial score (nSPS) is 15.2. The van der Waals surface area contributed by atoms with Crippen LogP contribution in [-0.2, 0) is 16.1 Å². The van der Waals surface area contributed by atoms with Crippen molar-refractivity contribution in [1.82, 2.24) is 14.5 Å². The van der Waals surface area contributed by atoms with Gasteiger partial charge in [0.25, 0.3) is 0 Å². The summed E-state index contributed by atoms with van der Waals surface area (Å²) in [5.41, 5.74) is 1.92. The maximum atomic E-state index is 12.7. The predicted octanol–water partition coefficient (Wildman–Crippen LogP) is 2.62. The summed E-state index contributed by atoms with van der Waals surface area (Å²) < 4.78 is 7.35. The first-order valence-corrected chi connectivity index (χ1v) is 8.55. The second kappa shape index (κ2) is 6.14. The third-order valence-corrected chi connectivity index (χ3v) is 4.92. The van der Waals surface area contributed by atoms with Crippen molar-refractivity contribution in [3.05, 3.63) is 41.8 Å². The number of amides is 1. The van der Waals surface area contributed by atoms with Gasteiger partial charge in [0.15, 0.2) is 5.82 Å². The fourth-order valence-electron chi connectivity index (χ4n) is 2.88. The van der Waals surface area contributed by atoms with Crippen LogP contribution in [0.25, 0.3) is 21.7 Å². The summed E-state index contributed by atoms with van der Waals surface area (Å²) in [5.74, 6) is 0.983. The Kier molecular flexibility index (Phi) is 3.85. The fraction of sp³-hybridized carbons (Fsp3) is 0.294. The van der Waals surface area contributed by atoms with Gasteiger partial charge in [-0.25, -0.2) is 4.98 Å². The number of morpholine rings is 1. The van der Waals surface area contributed by atoms with Crippen LogP contribution in [0.4, 0.5) is 0 Å². The van der Waals surface area contributed by atoms with Crippen molar-refractivity contribution < 1.29 is 9.53 Å². The zero-order valence-corrected chi connectivity index (χ0v) is 13.5. The van der Waals surface area contributed by atoms with Gasteiger partial charge >= 0.3 is 0 Å². The SMILES string of the molecule is O=C(Cn1c(-c2cccs2)nc2ccccc21)N1CCOCC1. The molecule has 5 nitrogen and oxygen atoms in total. The van der Waals surface area contributed by atoms with E-state index in [1.807, 2.05) is 51.2 Å². The molecule has 118 valence electrons. The molecule has 1 amide bonds. The first-order valence-electron chi connectivity index (χ1n) is 7.67. The molecule has 23 heavy (non-hydrogen) atoms. The lowest BCUT2D eigenvalue weighted by molar-refractivity contribution is -0.135. The lowest BCUT2D eigenvalue weighted by Crippen LogP contribution is -2.42. The number of hydrogen-bond acceptors (Lipinski definition) is 4. The smallest absolute Gasteiger partial charge is 0.242 e. The fourth-order valence-corrected chi connectivity index (χ4v) is 3.60. The molecule has 3 aromatic rings. The van der Waals surface area contributed by atoms with Crippen LogP contribution in [0.1, 0.15) is 0 Å². The van der Waals surface area contributed by atoms with E-state index in [1.165, 1.54) is 0 Å². The Balaban J connectivity index is 1.72. The molecule has 0 spiro atoms. The van der Waals surface area contributed by atoms with Crippen LogP contribution < -0.4 is 0 Å². The summed E-state index contributed by atoms with van der Waals surface area (Å²) in [4.78, 5) is 20.3. The van der Waals surface area contributed by atoms with Gasteiger partial charge in [0.05, 0.1) is 29.1 Å². The van der Waals surface area contributed by atoms with Crippen LogP contribution in [0.2, 0.25) is 0 Å². The van der Waals surface area contributed by atoms with E-state index in [2.05, 4.69) is 0 Å². The van der Waals surface area contributed by atoms with Crippen LogP contribution in [0.3, 0.4) is 0 Å². The van der Waals surface area contributed by atoms with Crippen LogP contribution in [-0.4, -0.2) is 46.7 Å². The number of fused-ring (bicyclic) bond motifs is 1. The summed E-state index contributed by atoms with van der Waals surface area (Å²) in [5, 5.41) is 2.03. The molecule has 1 fully saturated rings. The Labute approximate surface area is 138 Å². The van der Waals surface area contributed by atoms with Gasteiger partial charge in [-0.1, -0.05) is 18.2 Å². The van der Waals surface area contributed by atoms with Gasteiger partial charge in [-0.2, -0.15) is 0 Å². The number of para-hydroxylation sites is 2. The summed E-state index contributed by atoms with van der Waals surface area (Å²) in [6.07, 6.45) is 0.